The second-order valence-corrected chi connectivity index (χ2v) is 4.91. The van der Waals surface area contributed by atoms with Crippen molar-refractivity contribution >= 4 is 17.6 Å². The number of rotatable bonds is 4. The molecule has 2 aromatic carbocycles. The largest absolute Gasteiger partial charge is 0.478 e. The van der Waals surface area contributed by atoms with Crippen LogP contribution in [-0.4, -0.2) is 27.2 Å². The van der Waals surface area contributed by atoms with Crippen LogP contribution >= 0.6 is 0 Å². The van der Waals surface area contributed by atoms with Crippen molar-refractivity contribution in [1.29, 1.82) is 0 Å². The summed E-state index contributed by atoms with van der Waals surface area (Å²) in [5, 5.41) is 18.2. The highest BCUT2D eigenvalue weighted by atomic mass is 16.4. The Morgan fingerprint density at radius 3 is 2.43 bits per heavy atom. The Morgan fingerprint density at radius 1 is 1.00 bits per heavy atom. The van der Waals surface area contributed by atoms with E-state index in [0.29, 0.717) is 11.3 Å². The zero-order valence-electron chi connectivity index (χ0n) is 12.0. The first kappa shape index (κ1) is 14.5. The predicted octanol–water partition coefficient (Wildman–Crippen LogP) is 3.03. The van der Waals surface area contributed by atoms with Crippen molar-refractivity contribution in [1.82, 2.24) is 10.2 Å². The van der Waals surface area contributed by atoms with E-state index in [9.17, 15) is 9.59 Å². The number of hydrogen-bond donors (Lipinski definition) is 3. The van der Waals surface area contributed by atoms with E-state index in [2.05, 4.69) is 15.5 Å². The highest BCUT2D eigenvalue weighted by molar-refractivity contribution is 6.04. The molecule has 0 unspecified atom stereocenters. The molecule has 0 aliphatic heterocycles. The molecule has 0 bridgehead atoms. The van der Waals surface area contributed by atoms with E-state index in [0.717, 1.165) is 11.1 Å². The molecule has 0 aliphatic carbocycles. The van der Waals surface area contributed by atoms with E-state index in [1.165, 1.54) is 18.5 Å². The van der Waals surface area contributed by atoms with Gasteiger partial charge >= 0.3 is 5.97 Å². The highest BCUT2D eigenvalue weighted by Gasteiger charge is 2.09. The van der Waals surface area contributed by atoms with E-state index < -0.39 is 5.97 Å². The molecule has 0 spiro atoms. The van der Waals surface area contributed by atoms with Gasteiger partial charge in [-0.1, -0.05) is 24.3 Å². The smallest absolute Gasteiger partial charge is 0.335 e. The quantitative estimate of drug-likeness (QED) is 0.690. The fraction of sp³-hybridized carbons (Fsp3) is 0. The lowest BCUT2D eigenvalue weighted by Gasteiger charge is -2.07. The fourth-order valence-electron chi connectivity index (χ4n) is 2.19. The molecule has 6 nitrogen and oxygen atoms in total. The van der Waals surface area contributed by atoms with Crippen LogP contribution in [0.2, 0.25) is 0 Å². The molecule has 6 heteroatoms. The first-order valence-corrected chi connectivity index (χ1v) is 6.87. The molecule has 3 N–H and O–H groups in total. The summed E-state index contributed by atoms with van der Waals surface area (Å²) in [5.74, 6) is -1.24. The Kier molecular flexibility index (Phi) is 3.88. The summed E-state index contributed by atoms with van der Waals surface area (Å²) in [7, 11) is 0. The van der Waals surface area contributed by atoms with Crippen LogP contribution in [0, 0.1) is 0 Å². The number of carbonyl (C=O) groups excluding carboxylic acids is 1. The third kappa shape index (κ3) is 3.26. The minimum absolute atomic E-state index is 0.218. The number of carboxylic acid groups (broad SMARTS) is 1. The number of H-pyrrole nitrogens is 1. The van der Waals surface area contributed by atoms with Crippen molar-refractivity contribution in [3.63, 3.8) is 0 Å². The predicted molar refractivity (Wildman–Crippen MR) is 85.4 cm³/mol. The number of aromatic nitrogens is 2. The molecule has 0 atom stereocenters. The van der Waals surface area contributed by atoms with E-state index in [-0.39, 0.29) is 11.5 Å². The molecule has 1 aromatic heterocycles. The average molecular weight is 307 g/mol. The molecule has 23 heavy (non-hydrogen) atoms. The standard InChI is InChI=1S/C17H13N3O3/c21-16(14-9-18-19-10-14)20-15-6-2-4-12(8-15)11-3-1-5-13(7-11)17(22)23/h1-10H,(H,18,19)(H,20,21)(H,22,23). The molecular formula is C17H13N3O3. The van der Waals surface area contributed by atoms with Gasteiger partial charge in [0.05, 0.1) is 17.3 Å². The monoisotopic (exact) mass is 307 g/mol. The maximum absolute atomic E-state index is 12.0. The maximum atomic E-state index is 12.0. The Labute approximate surface area is 131 Å². The first-order chi connectivity index (χ1) is 11.1. The van der Waals surface area contributed by atoms with Crippen LogP contribution in [0.4, 0.5) is 5.69 Å². The topological polar surface area (TPSA) is 95.1 Å². The zero-order chi connectivity index (χ0) is 16.2. The van der Waals surface area contributed by atoms with Gasteiger partial charge in [-0.15, -0.1) is 0 Å². The SMILES string of the molecule is O=C(O)c1cccc(-c2cccc(NC(=O)c3cn[nH]c3)c2)c1. The molecule has 3 aromatic rings. The van der Waals surface area contributed by atoms with Crippen molar-refractivity contribution < 1.29 is 14.7 Å². The van der Waals surface area contributed by atoms with Gasteiger partial charge in [0, 0.05) is 11.9 Å². The number of carboxylic acids is 1. The molecule has 0 fully saturated rings. The first-order valence-electron chi connectivity index (χ1n) is 6.87. The molecule has 0 radical (unpaired) electrons. The van der Waals surface area contributed by atoms with Gasteiger partial charge in [-0.3, -0.25) is 9.89 Å². The number of aromatic amines is 1. The van der Waals surface area contributed by atoms with E-state index >= 15 is 0 Å². The van der Waals surface area contributed by atoms with Crippen LogP contribution in [-0.2, 0) is 0 Å². The third-order valence-electron chi connectivity index (χ3n) is 3.32. The van der Waals surface area contributed by atoms with Crippen molar-refractivity contribution in [3.05, 3.63) is 72.1 Å². The molecule has 0 saturated carbocycles. The lowest BCUT2D eigenvalue weighted by molar-refractivity contribution is 0.0696. The van der Waals surface area contributed by atoms with E-state index in [1.807, 2.05) is 12.1 Å². The number of nitrogens with zero attached hydrogens (tertiary/aromatic N) is 1. The molecule has 0 saturated heterocycles. The molecular weight excluding hydrogens is 294 g/mol. The van der Waals surface area contributed by atoms with Crippen LogP contribution < -0.4 is 5.32 Å². The van der Waals surface area contributed by atoms with Crippen LogP contribution in [0.3, 0.4) is 0 Å². The Bertz CT molecular complexity index is 857. The molecule has 0 aliphatic rings. The molecule has 114 valence electrons. The third-order valence-corrected chi connectivity index (χ3v) is 3.32. The van der Waals surface area contributed by atoms with Crippen molar-refractivity contribution in [2.45, 2.75) is 0 Å². The van der Waals surface area contributed by atoms with Gasteiger partial charge in [0.15, 0.2) is 0 Å². The van der Waals surface area contributed by atoms with Gasteiger partial charge < -0.3 is 10.4 Å². The number of hydrogen-bond acceptors (Lipinski definition) is 3. The average Bonchev–Trinajstić information content (AvgIpc) is 3.10. The van der Waals surface area contributed by atoms with Crippen LogP contribution in [0.1, 0.15) is 20.7 Å². The van der Waals surface area contributed by atoms with E-state index in [4.69, 9.17) is 5.11 Å². The number of anilines is 1. The minimum atomic E-state index is -0.976. The molecule has 3 rings (SSSR count). The van der Waals surface area contributed by atoms with Gasteiger partial charge in [-0.2, -0.15) is 5.10 Å². The summed E-state index contributed by atoms with van der Waals surface area (Å²) in [6.07, 6.45) is 2.95. The normalized spacial score (nSPS) is 10.3. The summed E-state index contributed by atoms with van der Waals surface area (Å²) >= 11 is 0. The minimum Gasteiger partial charge on any atom is -0.478 e. The number of nitrogens with one attached hydrogen (secondary N) is 2. The number of amides is 1. The fourth-order valence-corrected chi connectivity index (χ4v) is 2.19. The van der Waals surface area contributed by atoms with Crippen LogP contribution in [0.5, 0.6) is 0 Å². The second-order valence-electron chi connectivity index (χ2n) is 4.91. The van der Waals surface area contributed by atoms with Gasteiger partial charge in [0.25, 0.3) is 5.91 Å². The van der Waals surface area contributed by atoms with Crippen molar-refractivity contribution in [2.75, 3.05) is 5.32 Å². The van der Waals surface area contributed by atoms with Gasteiger partial charge in [-0.25, -0.2) is 4.79 Å². The Balaban J connectivity index is 1.86. The lowest BCUT2D eigenvalue weighted by Crippen LogP contribution is -2.10. The van der Waals surface area contributed by atoms with Gasteiger partial charge in [-0.05, 0) is 35.4 Å². The lowest BCUT2D eigenvalue weighted by atomic mass is 10.0. The number of benzene rings is 2. The second kappa shape index (κ2) is 6.15. The van der Waals surface area contributed by atoms with Crippen LogP contribution in [0.15, 0.2) is 60.9 Å². The summed E-state index contributed by atoms with van der Waals surface area (Å²) in [5.41, 5.74) is 2.86. The number of carbonyl (C=O) groups is 2. The van der Waals surface area contributed by atoms with Gasteiger partial charge in [0.1, 0.15) is 0 Å². The Hall–Kier alpha value is -3.41. The summed E-state index contributed by atoms with van der Waals surface area (Å²) < 4.78 is 0. The van der Waals surface area contributed by atoms with E-state index in [1.54, 1.807) is 30.3 Å². The maximum Gasteiger partial charge on any atom is 0.335 e. The number of aromatic carboxylic acids is 1. The molecule has 1 heterocycles. The summed E-state index contributed by atoms with van der Waals surface area (Å²) in [4.78, 5) is 23.1. The zero-order valence-corrected chi connectivity index (χ0v) is 12.0. The van der Waals surface area contributed by atoms with Crippen molar-refractivity contribution in [3.8, 4) is 11.1 Å². The van der Waals surface area contributed by atoms with Gasteiger partial charge in [0.2, 0.25) is 0 Å². The summed E-state index contributed by atoms with van der Waals surface area (Å²) in [6.45, 7) is 0. The summed E-state index contributed by atoms with van der Waals surface area (Å²) in [6, 6.07) is 13.9. The van der Waals surface area contributed by atoms with Crippen molar-refractivity contribution in [2.24, 2.45) is 0 Å². The Morgan fingerprint density at radius 2 is 1.74 bits per heavy atom. The highest BCUT2D eigenvalue weighted by Crippen LogP contribution is 2.24. The molecule has 1 amide bonds. The van der Waals surface area contributed by atoms with Crippen LogP contribution in [0.25, 0.3) is 11.1 Å².